The van der Waals surface area contributed by atoms with Gasteiger partial charge in [-0.1, -0.05) is 22.0 Å². The van der Waals surface area contributed by atoms with Crippen molar-refractivity contribution in [3.05, 3.63) is 28.2 Å². The first-order valence-corrected chi connectivity index (χ1v) is 7.82. The second-order valence-electron chi connectivity index (χ2n) is 4.98. The lowest BCUT2D eigenvalue weighted by Gasteiger charge is -2.12. The van der Waals surface area contributed by atoms with Crippen LogP contribution in [-0.2, 0) is 6.42 Å². The van der Waals surface area contributed by atoms with E-state index in [0.717, 1.165) is 35.6 Å². The van der Waals surface area contributed by atoms with Crippen LogP contribution in [0.1, 0.15) is 24.8 Å². The Kier molecular flexibility index (Phi) is 5.71. The number of hydrogen-bond acceptors (Lipinski definition) is 2. The number of aliphatic imine (C=N–C) groups is 1. The minimum absolute atomic E-state index is 0.632. The number of nitrogens with one attached hydrogen (secondary N) is 2. The van der Waals surface area contributed by atoms with Gasteiger partial charge in [0.15, 0.2) is 5.96 Å². The van der Waals surface area contributed by atoms with Gasteiger partial charge < -0.3 is 15.4 Å². The summed E-state index contributed by atoms with van der Waals surface area (Å²) in [6.45, 7) is 0.908. The highest BCUT2D eigenvalue weighted by molar-refractivity contribution is 9.10. The lowest BCUT2D eigenvalue weighted by Crippen LogP contribution is -2.39. The van der Waals surface area contributed by atoms with Crippen molar-refractivity contribution < 1.29 is 4.74 Å². The van der Waals surface area contributed by atoms with Gasteiger partial charge >= 0.3 is 0 Å². The van der Waals surface area contributed by atoms with Crippen LogP contribution in [0.4, 0.5) is 0 Å². The maximum Gasteiger partial charge on any atom is 0.191 e. The quantitative estimate of drug-likeness (QED) is 0.476. The zero-order valence-electron chi connectivity index (χ0n) is 12.1. The lowest BCUT2D eigenvalue weighted by atomic mass is 10.1. The smallest absolute Gasteiger partial charge is 0.191 e. The predicted octanol–water partition coefficient (Wildman–Crippen LogP) is 2.72. The van der Waals surface area contributed by atoms with Crippen molar-refractivity contribution in [2.75, 3.05) is 20.7 Å². The third kappa shape index (κ3) is 4.71. The molecule has 0 unspecified atom stereocenters. The molecule has 4 nitrogen and oxygen atoms in total. The largest absolute Gasteiger partial charge is 0.496 e. The molecule has 0 saturated heterocycles. The highest BCUT2D eigenvalue weighted by Crippen LogP contribution is 2.24. The van der Waals surface area contributed by atoms with Crippen LogP contribution in [0.25, 0.3) is 0 Å². The van der Waals surface area contributed by atoms with E-state index < -0.39 is 0 Å². The van der Waals surface area contributed by atoms with Crippen molar-refractivity contribution in [3.63, 3.8) is 0 Å². The summed E-state index contributed by atoms with van der Waals surface area (Å²) >= 11 is 3.46. The Morgan fingerprint density at radius 1 is 1.45 bits per heavy atom. The highest BCUT2D eigenvalue weighted by atomic mass is 79.9. The van der Waals surface area contributed by atoms with E-state index >= 15 is 0 Å². The number of aryl methyl sites for hydroxylation is 1. The van der Waals surface area contributed by atoms with Gasteiger partial charge in [-0.2, -0.15) is 0 Å². The minimum Gasteiger partial charge on any atom is -0.496 e. The molecule has 0 atom stereocenters. The Labute approximate surface area is 129 Å². The second kappa shape index (κ2) is 7.53. The summed E-state index contributed by atoms with van der Waals surface area (Å²) in [7, 11) is 3.53. The normalized spacial score (nSPS) is 15.1. The molecule has 5 heteroatoms. The van der Waals surface area contributed by atoms with E-state index in [4.69, 9.17) is 4.74 Å². The Bertz CT molecular complexity index is 472. The molecule has 0 aliphatic heterocycles. The summed E-state index contributed by atoms with van der Waals surface area (Å²) in [4.78, 5) is 4.22. The van der Waals surface area contributed by atoms with E-state index in [1.807, 2.05) is 13.1 Å². The zero-order valence-corrected chi connectivity index (χ0v) is 13.7. The molecule has 0 bridgehead atoms. The van der Waals surface area contributed by atoms with Gasteiger partial charge in [0, 0.05) is 24.1 Å². The Morgan fingerprint density at radius 3 is 2.90 bits per heavy atom. The van der Waals surface area contributed by atoms with Gasteiger partial charge in [0.05, 0.1) is 7.11 Å². The number of guanidine groups is 1. The fraction of sp³-hybridized carbons (Fsp3) is 0.533. The Balaban J connectivity index is 1.74. The van der Waals surface area contributed by atoms with Crippen molar-refractivity contribution >= 4 is 21.9 Å². The number of benzene rings is 1. The van der Waals surface area contributed by atoms with Crippen LogP contribution in [0.5, 0.6) is 5.75 Å². The molecule has 0 aromatic heterocycles. The number of ether oxygens (including phenoxy) is 1. The number of hydrogen-bond donors (Lipinski definition) is 2. The molecule has 110 valence electrons. The van der Waals surface area contributed by atoms with Gasteiger partial charge in [-0.05, 0) is 43.4 Å². The number of nitrogens with zero attached hydrogens (tertiary/aromatic N) is 1. The summed E-state index contributed by atoms with van der Waals surface area (Å²) in [6.07, 6.45) is 4.56. The molecule has 2 N–H and O–H groups in total. The van der Waals surface area contributed by atoms with Crippen molar-refractivity contribution in [2.45, 2.75) is 31.7 Å². The minimum atomic E-state index is 0.632. The monoisotopic (exact) mass is 339 g/mol. The lowest BCUT2D eigenvalue weighted by molar-refractivity contribution is 0.409. The van der Waals surface area contributed by atoms with E-state index in [2.05, 4.69) is 43.7 Å². The van der Waals surface area contributed by atoms with Crippen molar-refractivity contribution in [1.82, 2.24) is 10.6 Å². The second-order valence-corrected chi connectivity index (χ2v) is 5.89. The predicted molar refractivity (Wildman–Crippen MR) is 86.5 cm³/mol. The first-order valence-electron chi connectivity index (χ1n) is 7.02. The van der Waals surface area contributed by atoms with Crippen LogP contribution in [0, 0.1) is 0 Å². The molecular weight excluding hydrogens is 318 g/mol. The van der Waals surface area contributed by atoms with Crippen LogP contribution in [0.2, 0.25) is 0 Å². The maximum absolute atomic E-state index is 5.40. The number of methoxy groups -OCH3 is 1. The summed E-state index contributed by atoms with van der Waals surface area (Å²) in [6, 6.07) is 6.81. The molecular formula is C15H22BrN3O. The Morgan fingerprint density at radius 2 is 2.25 bits per heavy atom. The third-order valence-corrected chi connectivity index (χ3v) is 3.80. The van der Waals surface area contributed by atoms with Crippen LogP contribution in [-0.4, -0.2) is 32.7 Å². The van der Waals surface area contributed by atoms with Gasteiger partial charge in [0.1, 0.15) is 5.75 Å². The van der Waals surface area contributed by atoms with Crippen molar-refractivity contribution in [2.24, 2.45) is 4.99 Å². The summed E-state index contributed by atoms with van der Waals surface area (Å²) in [5, 5.41) is 6.73. The number of halogens is 1. The first-order chi connectivity index (χ1) is 9.72. The molecule has 20 heavy (non-hydrogen) atoms. The standard InChI is InChI=1S/C15H22BrN3O/c1-17-15(19-13-7-8-13)18-9-3-4-11-5-6-12(16)10-14(11)20-2/h5-6,10,13H,3-4,7-9H2,1-2H3,(H2,17,18,19). The average molecular weight is 340 g/mol. The van der Waals surface area contributed by atoms with Crippen molar-refractivity contribution in [3.8, 4) is 5.75 Å². The van der Waals surface area contributed by atoms with E-state index in [1.165, 1.54) is 18.4 Å². The van der Waals surface area contributed by atoms with Gasteiger partial charge in [0.2, 0.25) is 0 Å². The first kappa shape index (κ1) is 15.2. The van der Waals surface area contributed by atoms with Gasteiger partial charge in [0.25, 0.3) is 0 Å². The zero-order chi connectivity index (χ0) is 14.4. The molecule has 1 aromatic rings. The van der Waals surface area contributed by atoms with Crippen LogP contribution >= 0.6 is 15.9 Å². The molecule has 0 heterocycles. The van der Waals surface area contributed by atoms with Crippen LogP contribution < -0.4 is 15.4 Å². The average Bonchev–Trinajstić information content (AvgIpc) is 3.27. The van der Waals surface area contributed by atoms with Crippen molar-refractivity contribution in [1.29, 1.82) is 0 Å². The number of rotatable bonds is 6. The Hall–Kier alpha value is -1.23. The molecule has 1 aromatic carbocycles. The molecule has 0 radical (unpaired) electrons. The topological polar surface area (TPSA) is 45.7 Å². The SMILES string of the molecule is CN=C(NCCCc1ccc(Br)cc1OC)NC1CC1. The van der Waals surface area contributed by atoms with Gasteiger partial charge in [-0.3, -0.25) is 4.99 Å². The molecule has 1 saturated carbocycles. The summed E-state index contributed by atoms with van der Waals surface area (Å²) in [5.41, 5.74) is 1.24. The van der Waals surface area contributed by atoms with E-state index in [0.29, 0.717) is 6.04 Å². The highest BCUT2D eigenvalue weighted by Gasteiger charge is 2.21. The van der Waals surface area contributed by atoms with Crippen LogP contribution in [0.15, 0.2) is 27.7 Å². The van der Waals surface area contributed by atoms with E-state index in [1.54, 1.807) is 7.11 Å². The van der Waals surface area contributed by atoms with Gasteiger partial charge in [-0.15, -0.1) is 0 Å². The molecule has 0 spiro atoms. The molecule has 1 aliphatic rings. The molecule has 1 aliphatic carbocycles. The summed E-state index contributed by atoms with van der Waals surface area (Å²) in [5.74, 6) is 1.86. The maximum atomic E-state index is 5.40. The van der Waals surface area contributed by atoms with Crippen LogP contribution in [0.3, 0.4) is 0 Å². The molecule has 2 rings (SSSR count). The van der Waals surface area contributed by atoms with E-state index in [-0.39, 0.29) is 0 Å². The summed E-state index contributed by atoms with van der Waals surface area (Å²) < 4.78 is 6.45. The fourth-order valence-electron chi connectivity index (χ4n) is 2.03. The van der Waals surface area contributed by atoms with Gasteiger partial charge in [-0.25, -0.2) is 0 Å². The fourth-order valence-corrected chi connectivity index (χ4v) is 2.37. The molecule has 1 fully saturated rings. The molecule has 0 amide bonds. The third-order valence-electron chi connectivity index (χ3n) is 3.31. The van der Waals surface area contributed by atoms with E-state index in [9.17, 15) is 0 Å².